The van der Waals surface area contributed by atoms with Gasteiger partial charge in [-0.3, -0.25) is 0 Å². The fourth-order valence-corrected chi connectivity index (χ4v) is 2.06. The van der Waals surface area contributed by atoms with Gasteiger partial charge < -0.3 is 4.43 Å². The zero-order valence-corrected chi connectivity index (χ0v) is 10.7. The molecule has 0 unspecified atom stereocenters. The van der Waals surface area contributed by atoms with E-state index in [1.165, 1.54) is 0 Å². The third-order valence-corrected chi connectivity index (χ3v) is 2.58. The molecular weight excluding hydrogens is 200 g/mol. The highest BCUT2D eigenvalue weighted by atomic mass is 28.4. The highest BCUT2D eigenvalue weighted by Gasteiger charge is 2.17. The number of rotatable bonds is 4. The van der Waals surface area contributed by atoms with Gasteiger partial charge in [0.1, 0.15) is 5.75 Å². The Hall–Kier alpha value is -1.28. The van der Waals surface area contributed by atoms with Crippen molar-refractivity contribution in [1.82, 2.24) is 0 Å². The van der Waals surface area contributed by atoms with Gasteiger partial charge in [-0.25, -0.2) is 0 Å². The van der Waals surface area contributed by atoms with Gasteiger partial charge in [-0.05, 0) is 25.7 Å². The van der Waals surface area contributed by atoms with Gasteiger partial charge in [0.15, 0.2) is 0 Å². The summed E-state index contributed by atoms with van der Waals surface area (Å²) in [6, 6.07) is 8.08. The summed E-state index contributed by atoms with van der Waals surface area (Å²) in [5, 5.41) is 0. The van der Waals surface area contributed by atoms with Crippen molar-refractivity contribution in [3.05, 3.63) is 48.6 Å². The first kappa shape index (κ1) is 11.8. The lowest BCUT2D eigenvalue weighted by Gasteiger charge is -2.20. The second-order valence-electron chi connectivity index (χ2n) is 4.35. The molecule has 0 saturated carbocycles. The summed E-state index contributed by atoms with van der Waals surface area (Å²) in [5.41, 5.74) is 1.11. The molecule has 1 aromatic rings. The summed E-state index contributed by atoms with van der Waals surface area (Å²) in [6.45, 7) is 10.2. The van der Waals surface area contributed by atoms with Crippen molar-refractivity contribution in [2.45, 2.75) is 19.6 Å². The van der Waals surface area contributed by atoms with Crippen LogP contribution in [0.1, 0.15) is 5.56 Å². The molecule has 0 amide bonds. The second-order valence-corrected chi connectivity index (χ2v) is 8.78. The van der Waals surface area contributed by atoms with Crippen LogP contribution in [0.2, 0.25) is 19.6 Å². The van der Waals surface area contributed by atoms with E-state index >= 15 is 0 Å². The number of hydrogen-bond acceptors (Lipinski definition) is 1. The van der Waals surface area contributed by atoms with Gasteiger partial charge in [-0.1, -0.05) is 43.0 Å². The van der Waals surface area contributed by atoms with E-state index in [2.05, 4.69) is 32.3 Å². The highest BCUT2D eigenvalue weighted by Crippen LogP contribution is 2.22. The molecular formula is C13H18OSi. The molecule has 0 aliphatic carbocycles. The fourth-order valence-electron chi connectivity index (χ4n) is 1.21. The van der Waals surface area contributed by atoms with E-state index in [9.17, 15) is 0 Å². The molecule has 0 bridgehead atoms. The lowest BCUT2D eigenvalue weighted by Crippen LogP contribution is -2.29. The molecule has 1 rings (SSSR count). The molecule has 0 aromatic heterocycles. The molecule has 0 radical (unpaired) electrons. The van der Waals surface area contributed by atoms with E-state index in [1.54, 1.807) is 6.08 Å². The third-order valence-electron chi connectivity index (χ3n) is 1.75. The van der Waals surface area contributed by atoms with Crippen molar-refractivity contribution >= 4 is 14.4 Å². The van der Waals surface area contributed by atoms with E-state index in [0.717, 1.165) is 11.3 Å². The molecule has 0 aliphatic heterocycles. The van der Waals surface area contributed by atoms with Crippen LogP contribution >= 0.6 is 0 Å². The predicted molar refractivity (Wildman–Crippen MR) is 69.6 cm³/mol. The second kappa shape index (κ2) is 4.98. The van der Waals surface area contributed by atoms with E-state index in [-0.39, 0.29) is 0 Å². The summed E-state index contributed by atoms with van der Waals surface area (Å²) < 4.78 is 5.98. The molecule has 0 atom stereocenters. The van der Waals surface area contributed by atoms with Gasteiger partial charge in [0.2, 0.25) is 8.32 Å². The molecule has 80 valence electrons. The third kappa shape index (κ3) is 4.17. The maximum atomic E-state index is 5.98. The Labute approximate surface area is 93.2 Å². The van der Waals surface area contributed by atoms with Crippen LogP contribution in [-0.4, -0.2) is 8.32 Å². The van der Waals surface area contributed by atoms with E-state index in [1.807, 2.05) is 30.4 Å². The van der Waals surface area contributed by atoms with Crippen LogP contribution in [0.4, 0.5) is 0 Å². The maximum absolute atomic E-state index is 5.98. The largest absolute Gasteiger partial charge is 0.544 e. The van der Waals surface area contributed by atoms with E-state index < -0.39 is 8.32 Å². The monoisotopic (exact) mass is 218 g/mol. The molecule has 0 aliphatic rings. The van der Waals surface area contributed by atoms with Crippen molar-refractivity contribution in [3.63, 3.8) is 0 Å². The minimum absolute atomic E-state index is 0.967. The van der Waals surface area contributed by atoms with Crippen molar-refractivity contribution in [1.29, 1.82) is 0 Å². The number of benzene rings is 1. The number of allylic oxidation sites excluding steroid dienone is 2. The zero-order valence-electron chi connectivity index (χ0n) is 9.66. The molecule has 0 saturated heterocycles. The van der Waals surface area contributed by atoms with Gasteiger partial charge >= 0.3 is 0 Å². The quantitative estimate of drug-likeness (QED) is 0.546. The molecule has 15 heavy (non-hydrogen) atoms. The van der Waals surface area contributed by atoms with Crippen LogP contribution in [0.3, 0.4) is 0 Å². The summed E-state index contributed by atoms with van der Waals surface area (Å²) in [7, 11) is -1.53. The molecule has 1 nitrogen and oxygen atoms in total. The molecule has 0 N–H and O–H groups in total. The van der Waals surface area contributed by atoms with Gasteiger partial charge in [0.25, 0.3) is 0 Å². The first-order valence-electron chi connectivity index (χ1n) is 5.10. The Morgan fingerprint density at radius 2 is 1.87 bits per heavy atom. The summed E-state index contributed by atoms with van der Waals surface area (Å²) in [4.78, 5) is 0. The smallest absolute Gasteiger partial charge is 0.242 e. The molecule has 0 heterocycles. The van der Waals surface area contributed by atoms with Crippen LogP contribution in [-0.2, 0) is 0 Å². The highest BCUT2D eigenvalue weighted by molar-refractivity contribution is 6.70. The Morgan fingerprint density at radius 1 is 1.20 bits per heavy atom. The number of para-hydroxylation sites is 1. The van der Waals surface area contributed by atoms with Crippen LogP contribution < -0.4 is 4.43 Å². The lowest BCUT2D eigenvalue weighted by molar-refractivity contribution is 0.556. The van der Waals surface area contributed by atoms with Crippen molar-refractivity contribution in [2.24, 2.45) is 0 Å². The van der Waals surface area contributed by atoms with Crippen LogP contribution in [0.25, 0.3) is 6.08 Å². The molecule has 1 aromatic carbocycles. The normalized spacial score (nSPS) is 11.7. The Morgan fingerprint density at radius 3 is 2.47 bits per heavy atom. The molecule has 2 heteroatoms. The summed E-state index contributed by atoms with van der Waals surface area (Å²) >= 11 is 0. The van der Waals surface area contributed by atoms with Gasteiger partial charge in [0.05, 0.1) is 0 Å². The number of hydrogen-bond donors (Lipinski definition) is 0. The van der Waals surface area contributed by atoms with Crippen molar-refractivity contribution < 1.29 is 4.43 Å². The Bertz CT molecular complexity index is 361. The van der Waals surface area contributed by atoms with Gasteiger partial charge in [-0.15, -0.1) is 0 Å². The SMILES string of the molecule is C=CC=Cc1ccccc1O[Si](C)(C)C. The Kier molecular flexibility index (Phi) is 3.92. The topological polar surface area (TPSA) is 9.23 Å². The maximum Gasteiger partial charge on any atom is 0.242 e. The average Bonchev–Trinajstić information content (AvgIpc) is 2.14. The first-order chi connectivity index (χ1) is 7.03. The van der Waals surface area contributed by atoms with E-state index in [0.29, 0.717) is 0 Å². The lowest BCUT2D eigenvalue weighted by atomic mass is 10.2. The zero-order chi connectivity index (χ0) is 11.3. The summed E-state index contributed by atoms with van der Waals surface area (Å²) in [5.74, 6) is 0.967. The standard InChI is InChI=1S/C13H18OSi/c1-5-6-9-12-10-7-8-11-13(12)14-15(2,3)4/h5-11H,1H2,2-4H3. The van der Waals surface area contributed by atoms with Crippen LogP contribution in [0.5, 0.6) is 5.75 Å². The van der Waals surface area contributed by atoms with Crippen LogP contribution in [0, 0.1) is 0 Å². The molecule has 0 fully saturated rings. The Balaban J connectivity index is 2.96. The first-order valence-corrected chi connectivity index (χ1v) is 8.51. The molecule has 0 spiro atoms. The van der Waals surface area contributed by atoms with Crippen molar-refractivity contribution in [2.75, 3.05) is 0 Å². The van der Waals surface area contributed by atoms with Crippen molar-refractivity contribution in [3.8, 4) is 5.75 Å². The predicted octanol–water partition coefficient (Wildman–Crippen LogP) is 4.10. The summed E-state index contributed by atoms with van der Waals surface area (Å²) in [6.07, 6.45) is 5.71. The average molecular weight is 218 g/mol. The minimum atomic E-state index is -1.53. The minimum Gasteiger partial charge on any atom is -0.544 e. The fraction of sp³-hybridized carbons (Fsp3) is 0.231. The van der Waals surface area contributed by atoms with Crippen LogP contribution in [0.15, 0.2) is 43.0 Å². The van der Waals surface area contributed by atoms with Gasteiger partial charge in [-0.2, -0.15) is 0 Å². The van der Waals surface area contributed by atoms with E-state index in [4.69, 9.17) is 4.43 Å². The van der Waals surface area contributed by atoms with Gasteiger partial charge in [0, 0.05) is 5.56 Å².